The van der Waals surface area contributed by atoms with Crippen LogP contribution in [0.25, 0.3) is 0 Å². The summed E-state index contributed by atoms with van der Waals surface area (Å²) in [6, 6.07) is 1.71. The number of aliphatic hydroxyl groups is 1. The molecule has 0 radical (unpaired) electrons. The number of hydrogen-bond donors (Lipinski definition) is 2. The molecule has 2 aliphatic carbocycles. The number of hydrogen-bond acceptors (Lipinski definition) is 4. The van der Waals surface area contributed by atoms with E-state index in [1.54, 1.807) is 11.0 Å². The molecule has 0 aromatic carbocycles. The van der Waals surface area contributed by atoms with Crippen LogP contribution in [0, 0.1) is 35.0 Å². The minimum Gasteiger partial charge on any atom is -0.477 e. The van der Waals surface area contributed by atoms with Crippen LogP contribution in [-0.4, -0.2) is 34.2 Å². The molecule has 0 spiro atoms. The molecule has 3 rings (SSSR count). The molecule has 1 aromatic heterocycles. The summed E-state index contributed by atoms with van der Waals surface area (Å²) in [5, 5.41) is 20.0. The Morgan fingerprint density at radius 3 is 2.31 bits per heavy atom. The minimum atomic E-state index is -1.02. The van der Waals surface area contributed by atoms with Crippen molar-refractivity contribution >= 4 is 28.9 Å². The van der Waals surface area contributed by atoms with E-state index >= 15 is 0 Å². The molecule has 32 heavy (non-hydrogen) atoms. The molecule has 176 valence electrons. The Morgan fingerprint density at radius 2 is 1.75 bits per heavy atom. The number of aromatic carboxylic acids is 1. The van der Waals surface area contributed by atoms with Crippen LogP contribution in [0.2, 0.25) is 0 Å². The second-order valence-electron chi connectivity index (χ2n) is 10.8. The molecule has 3 atom stereocenters. The summed E-state index contributed by atoms with van der Waals surface area (Å²) in [6.45, 7) is 10.4. The van der Waals surface area contributed by atoms with Crippen LogP contribution in [0.15, 0.2) is 6.07 Å². The zero-order valence-electron chi connectivity index (χ0n) is 20.0. The first-order valence-electron chi connectivity index (χ1n) is 11.9. The van der Waals surface area contributed by atoms with Gasteiger partial charge in [-0.25, -0.2) is 4.79 Å². The maximum absolute atomic E-state index is 13.9. The molecule has 5 nitrogen and oxygen atoms in total. The molecule has 0 saturated heterocycles. The van der Waals surface area contributed by atoms with Gasteiger partial charge in [0.2, 0.25) is 5.91 Å². The van der Waals surface area contributed by atoms with Gasteiger partial charge in [0.25, 0.3) is 0 Å². The minimum absolute atomic E-state index is 0.0430. The Morgan fingerprint density at radius 1 is 1.09 bits per heavy atom. The highest BCUT2D eigenvalue weighted by Gasteiger charge is 2.39. The van der Waals surface area contributed by atoms with Crippen molar-refractivity contribution in [3.8, 4) is 11.8 Å². The number of carbonyl (C=O) groups is 2. The van der Waals surface area contributed by atoms with Crippen molar-refractivity contribution < 1.29 is 19.8 Å². The van der Waals surface area contributed by atoms with E-state index in [9.17, 15) is 19.8 Å². The van der Waals surface area contributed by atoms with E-state index in [2.05, 4.69) is 25.7 Å². The summed E-state index contributed by atoms with van der Waals surface area (Å²) in [6.07, 6.45) is 5.18. The van der Waals surface area contributed by atoms with E-state index in [4.69, 9.17) is 0 Å². The van der Waals surface area contributed by atoms with E-state index in [0.717, 1.165) is 30.6 Å². The smallest absolute Gasteiger partial charge is 0.348 e. The third kappa shape index (κ3) is 5.94. The predicted molar refractivity (Wildman–Crippen MR) is 129 cm³/mol. The van der Waals surface area contributed by atoms with Gasteiger partial charge in [-0.1, -0.05) is 25.7 Å². The number of anilines is 1. The van der Waals surface area contributed by atoms with Crippen LogP contribution in [0.3, 0.4) is 0 Å². The first kappa shape index (κ1) is 24.8. The number of carbonyl (C=O) groups excluding carboxylic acids is 1. The van der Waals surface area contributed by atoms with E-state index in [0.29, 0.717) is 42.2 Å². The molecule has 2 aliphatic rings. The zero-order valence-corrected chi connectivity index (χ0v) is 20.8. The van der Waals surface area contributed by atoms with Crippen molar-refractivity contribution in [2.45, 2.75) is 91.7 Å². The fourth-order valence-corrected chi connectivity index (χ4v) is 5.89. The van der Waals surface area contributed by atoms with Crippen LogP contribution < -0.4 is 4.90 Å². The van der Waals surface area contributed by atoms with Crippen LogP contribution in [0.5, 0.6) is 0 Å². The first-order chi connectivity index (χ1) is 15.0. The van der Waals surface area contributed by atoms with Gasteiger partial charge in [0.15, 0.2) is 0 Å². The van der Waals surface area contributed by atoms with Crippen LogP contribution in [0.1, 0.15) is 94.1 Å². The maximum Gasteiger partial charge on any atom is 0.348 e. The number of rotatable bonds is 4. The van der Waals surface area contributed by atoms with Gasteiger partial charge in [0.1, 0.15) is 4.88 Å². The molecule has 0 aliphatic heterocycles. The number of aliphatic hydroxyl groups excluding tert-OH is 1. The lowest BCUT2D eigenvalue weighted by atomic mass is 9.74. The number of carboxylic acid groups (broad SMARTS) is 1. The summed E-state index contributed by atoms with van der Waals surface area (Å²) in [7, 11) is 0. The SMILES string of the molecule is CC1CC[C@H](C(=O)N(c2cc(C#CC(C)(C)C)sc2C(=O)O)[C@H]2CC[C@H](O)CC2)[C@@H](C)C1. The standard InChI is InChI=1S/C26H37NO4S/c1-16-6-11-21(17(2)14-16)24(29)27(18-7-9-19(28)10-8-18)22-15-20(12-13-26(3,4)5)32-23(22)25(30)31/h15-19,21,28H,6-11,14H2,1-5H3,(H,30,31)/t16?,17-,18-,19-,21-/m0/s1. The van der Waals surface area contributed by atoms with Crippen LogP contribution >= 0.6 is 11.3 Å². The van der Waals surface area contributed by atoms with Gasteiger partial charge in [0, 0.05) is 17.4 Å². The van der Waals surface area contributed by atoms with E-state index < -0.39 is 5.97 Å². The molecule has 2 N–H and O–H groups in total. The molecule has 2 fully saturated rings. The molecule has 1 heterocycles. The summed E-state index contributed by atoms with van der Waals surface area (Å²) in [5.41, 5.74) is 0.287. The van der Waals surface area contributed by atoms with Crippen molar-refractivity contribution in [3.05, 3.63) is 15.8 Å². The van der Waals surface area contributed by atoms with Gasteiger partial charge < -0.3 is 15.1 Å². The van der Waals surface area contributed by atoms with Gasteiger partial charge in [-0.05, 0) is 83.6 Å². The summed E-state index contributed by atoms with van der Waals surface area (Å²) >= 11 is 1.15. The molecular weight excluding hydrogens is 422 g/mol. The first-order valence-corrected chi connectivity index (χ1v) is 12.7. The number of carboxylic acids is 1. The van der Waals surface area contributed by atoms with Crippen molar-refractivity contribution in [3.63, 3.8) is 0 Å². The van der Waals surface area contributed by atoms with Crippen molar-refractivity contribution in [2.24, 2.45) is 23.2 Å². The fraction of sp³-hybridized carbons (Fsp3) is 0.692. The second kappa shape index (κ2) is 9.97. The van der Waals surface area contributed by atoms with Crippen LogP contribution in [-0.2, 0) is 4.79 Å². The quantitative estimate of drug-likeness (QED) is 0.579. The van der Waals surface area contributed by atoms with E-state index in [1.807, 2.05) is 20.8 Å². The third-order valence-electron chi connectivity index (χ3n) is 6.74. The van der Waals surface area contributed by atoms with Gasteiger partial charge in [-0.3, -0.25) is 4.79 Å². The topological polar surface area (TPSA) is 77.8 Å². The molecule has 6 heteroatoms. The molecule has 0 bridgehead atoms. The monoisotopic (exact) mass is 459 g/mol. The largest absolute Gasteiger partial charge is 0.477 e. The van der Waals surface area contributed by atoms with Crippen molar-refractivity contribution in [1.29, 1.82) is 0 Å². The lowest BCUT2D eigenvalue weighted by Crippen LogP contribution is -2.48. The highest BCUT2D eigenvalue weighted by Crippen LogP contribution is 2.40. The predicted octanol–water partition coefficient (Wildman–Crippen LogP) is 5.55. The Hall–Kier alpha value is -1.84. The summed E-state index contributed by atoms with van der Waals surface area (Å²) < 4.78 is 0. The third-order valence-corrected chi connectivity index (χ3v) is 7.77. The average molecular weight is 460 g/mol. The molecule has 1 amide bonds. The number of nitrogens with zero attached hydrogens (tertiary/aromatic N) is 1. The second-order valence-corrected chi connectivity index (χ2v) is 11.9. The number of amides is 1. The summed E-state index contributed by atoms with van der Waals surface area (Å²) in [4.78, 5) is 28.7. The Labute approximate surface area is 196 Å². The highest BCUT2D eigenvalue weighted by molar-refractivity contribution is 7.15. The molecular formula is C26H37NO4S. The highest BCUT2D eigenvalue weighted by atomic mass is 32.1. The Kier molecular flexibility index (Phi) is 7.73. The van der Waals surface area contributed by atoms with Gasteiger partial charge in [0.05, 0.1) is 16.7 Å². The Bertz CT molecular complexity index is 895. The van der Waals surface area contributed by atoms with E-state index in [1.165, 1.54) is 0 Å². The van der Waals surface area contributed by atoms with Crippen molar-refractivity contribution in [1.82, 2.24) is 0 Å². The average Bonchev–Trinajstić information content (AvgIpc) is 3.12. The Balaban J connectivity index is 2.02. The zero-order chi connectivity index (χ0) is 23.6. The number of thiophene rings is 1. The molecule has 1 unspecified atom stereocenters. The van der Waals surface area contributed by atoms with Crippen LogP contribution in [0.4, 0.5) is 5.69 Å². The van der Waals surface area contributed by atoms with Gasteiger partial charge in [-0.2, -0.15) is 0 Å². The molecule has 2 saturated carbocycles. The van der Waals surface area contributed by atoms with Crippen molar-refractivity contribution in [2.75, 3.05) is 4.90 Å². The van der Waals surface area contributed by atoms with E-state index in [-0.39, 0.29) is 40.2 Å². The maximum atomic E-state index is 13.9. The van der Waals surface area contributed by atoms with Gasteiger partial charge in [-0.15, -0.1) is 11.3 Å². The fourth-order valence-electron chi connectivity index (χ4n) is 5.05. The lowest BCUT2D eigenvalue weighted by Gasteiger charge is -2.40. The molecule has 1 aromatic rings. The van der Waals surface area contributed by atoms with Gasteiger partial charge >= 0.3 is 5.97 Å². The summed E-state index contributed by atoms with van der Waals surface area (Å²) in [5.74, 6) is 6.12. The lowest BCUT2D eigenvalue weighted by molar-refractivity contribution is -0.126. The normalized spacial score (nSPS) is 28.5.